The van der Waals surface area contributed by atoms with Crippen molar-refractivity contribution in [1.82, 2.24) is 4.90 Å². The van der Waals surface area contributed by atoms with Gasteiger partial charge in [-0.3, -0.25) is 4.79 Å². The number of benzene rings is 1. The molecule has 1 heterocycles. The maximum absolute atomic E-state index is 13.9. The molecule has 0 unspecified atom stereocenters. The summed E-state index contributed by atoms with van der Waals surface area (Å²) in [6, 6.07) is 6.71. The van der Waals surface area contributed by atoms with Gasteiger partial charge in [0, 0.05) is 12.5 Å². The van der Waals surface area contributed by atoms with Gasteiger partial charge < -0.3 is 10.0 Å². The molecule has 4 heteroatoms. The number of halogens is 1. The largest absolute Gasteiger partial charge is 0.393 e. The van der Waals surface area contributed by atoms with Crippen LogP contribution in [-0.2, 0) is 4.79 Å². The summed E-state index contributed by atoms with van der Waals surface area (Å²) in [5, 5.41) is 10.8. The van der Waals surface area contributed by atoms with Crippen molar-refractivity contribution in [1.29, 1.82) is 0 Å². The molecule has 1 amide bonds. The first kappa shape index (κ1) is 20.0. The molecule has 3 saturated carbocycles. The fraction of sp³-hybridized carbons (Fsp3) is 0.577. The average Bonchev–Trinajstić information content (AvgIpc) is 3.00. The van der Waals surface area contributed by atoms with Crippen molar-refractivity contribution in [2.75, 3.05) is 7.05 Å². The first-order valence-corrected chi connectivity index (χ1v) is 11.3. The quantitative estimate of drug-likeness (QED) is 0.722. The predicted octanol–water partition coefficient (Wildman–Crippen LogP) is 4.82. The summed E-state index contributed by atoms with van der Waals surface area (Å²) in [5.74, 6) is 1.27. The van der Waals surface area contributed by atoms with Crippen LogP contribution in [0.3, 0.4) is 0 Å². The number of likely N-dealkylation sites (N-methyl/N-ethyl adjacent to an activating group) is 1. The predicted molar refractivity (Wildman–Crippen MR) is 116 cm³/mol. The second kappa shape index (κ2) is 6.78. The Kier molecular flexibility index (Phi) is 4.52. The number of amides is 1. The lowest BCUT2D eigenvalue weighted by molar-refractivity contribution is -0.135. The van der Waals surface area contributed by atoms with E-state index in [2.05, 4.69) is 26.0 Å². The van der Waals surface area contributed by atoms with Gasteiger partial charge in [0.2, 0.25) is 5.91 Å². The fourth-order valence-corrected chi connectivity index (χ4v) is 7.63. The van der Waals surface area contributed by atoms with Crippen molar-refractivity contribution >= 4 is 12.0 Å². The lowest BCUT2D eigenvalue weighted by Crippen LogP contribution is -2.60. The Morgan fingerprint density at radius 2 is 2.00 bits per heavy atom. The van der Waals surface area contributed by atoms with E-state index < -0.39 is 0 Å². The number of rotatable bonds is 1. The smallest absolute Gasteiger partial charge is 0.246 e. The van der Waals surface area contributed by atoms with Crippen LogP contribution in [0.25, 0.3) is 6.08 Å². The average molecular weight is 410 g/mol. The Balaban J connectivity index is 1.62. The first-order valence-electron chi connectivity index (χ1n) is 11.3. The second-order valence-electron chi connectivity index (χ2n) is 10.5. The van der Waals surface area contributed by atoms with Gasteiger partial charge in [0.05, 0.1) is 12.1 Å². The van der Waals surface area contributed by atoms with Crippen LogP contribution in [0.1, 0.15) is 51.5 Å². The fourth-order valence-electron chi connectivity index (χ4n) is 7.63. The van der Waals surface area contributed by atoms with Gasteiger partial charge in [-0.1, -0.05) is 38.1 Å². The molecular formula is C26H32FNO2. The van der Waals surface area contributed by atoms with E-state index in [-0.39, 0.29) is 34.7 Å². The summed E-state index contributed by atoms with van der Waals surface area (Å²) in [6.45, 7) is 4.59. The highest BCUT2D eigenvalue weighted by Gasteiger charge is 2.61. The van der Waals surface area contributed by atoms with E-state index in [1.54, 1.807) is 18.2 Å². The van der Waals surface area contributed by atoms with Crippen LogP contribution in [0.4, 0.5) is 4.39 Å². The number of hydrogen-bond donors (Lipinski definition) is 1. The molecule has 3 nitrogen and oxygen atoms in total. The lowest BCUT2D eigenvalue weighted by Gasteiger charge is -2.60. The topological polar surface area (TPSA) is 40.5 Å². The molecule has 1 N–H and O–H groups in total. The van der Waals surface area contributed by atoms with Crippen LogP contribution in [0, 0.1) is 34.4 Å². The number of nitrogens with zero attached hydrogens (tertiary/aromatic N) is 1. The Morgan fingerprint density at radius 3 is 2.77 bits per heavy atom. The van der Waals surface area contributed by atoms with E-state index in [0.29, 0.717) is 17.8 Å². The van der Waals surface area contributed by atoms with E-state index in [1.807, 2.05) is 18.0 Å². The maximum Gasteiger partial charge on any atom is 0.246 e. The third-order valence-corrected chi connectivity index (χ3v) is 9.12. The minimum atomic E-state index is -0.238. The number of carbonyl (C=O) groups is 1. The Hall–Kier alpha value is -1.94. The van der Waals surface area contributed by atoms with Crippen LogP contribution >= 0.6 is 0 Å². The monoisotopic (exact) mass is 409 g/mol. The van der Waals surface area contributed by atoms with Gasteiger partial charge in [0.25, 0.3) is 0 Å². The molecule has 0 aromatic heterocycles. The minimum absolute atomic E-state index is 0.00444. The normalized spacial score (nSPS) is 44.0. The molecule has 1 aliphatic heterocycles. The summed E-state index contributed by atoms with van der Waals surface area (Å²) in [5.41, 5.74) is 1.93. The van der Waals surface area contributed by atoms with Gasteiger partial charge in [-0.05, 0) is 84.6 Å². The molecule has 5 rings (SSSR count). The molecule has 1 aromatic carbocycles. The van der Waals surface area contributed by atoms with Gasteiger partial charge in [0.1, 0.15) is 5.82 Å². The van der Waals surface area contributed by atoms with Crippen molar-refractivity contribution in [3.8, 4) is 0 Å². The zero-order valence-electron chi connectivity index (χ0n) is 18.1. The molecule has 0 spiro atoms. The number of fused-ring (bicyclic) bond motifs is 5. The number of aliphatic hydroxyl groups excluding tert-OH is 1. The van der Waals surface area contributed by atoms with E-state index in [4.69, 9.17) is 0 Å². The van der Waals surface area contributed by atoms with Gasteiger partial charge in [-0.25, -0.2) is 4.39 Å². The lowest BCUT2D eigenvalue weighted by atomic mass is 9.47. The number of carbonyl (C=O) groups excluding carboxylic acids is 1. The van der Waals surface area contributed by atoms with Gasteiger partial charge in [0.15, 0.2) is 0 Å². The van der Waals surface area contributed by atoms with Crippen LogP contribution in [0.15, 0.2) is 42.0 Å². The van der Waals surface area contributed by atoms with Crippen molar-refractivity contribution in [2.45, 2.75) is 58.1 Å². The van der Waals surface area contributed by atoms with E-state index in [1.165, 1.54) is 11.6 Å². The Bertz CT molecular complexity index is 939. The molecule has 0 saturated heterocycles. The maximum atomic E-state index is 13.9. The highest BCUT2D eigenvalue weighted by molar-refractivity contribution is 5.89. The third-order valence-electron chi connectivity index (χ3n) is 9.12. The number of aliphatic hydroxyl groups is 1. The summed E-state index contributed by atoms with van der Waals surface area (Å²) >= 11 is 0. The molecule has 0 radical (unpaired) electrons. The van der Waals surface area contributed by atoms with Gasteiger partial charge in [-0.2, -0.15) is 0 Å². The van der Waals surface area contributed by atoms with Crippen LogP contribution in [0.2, 0.25) is 0 Å². The second-order valence-corrected chi connectivity index (χ2v) is 10.5. The Morgan fingerprint density at radius 1 is 1.20 bits per heavy atom. The highest BCUT2D eigenvalue weighted by atomic mass is 19.1. The summed E-state index contributed by atoms with van der Waals surface area (Å²) in [7, 11) is 1.90. The van der Waals surface area contributed by atoms with Crippen molar-refractivity contribution in [3.63, 3.8) is 0 Å². The van der Waals surface area contributed by atoms with E-state index >= 15 is 0 Å². The number of hydrogen-bond acceptors (Lipinski definition) is 2. The van der Waals surface area contributed by atoms with Crippen LogP contribution in [-0.4, -0.2) is 35.1 Å². The Labute approximate surface area is 178 Å². The van der Waals surface area contributed by atoms with Gasteiger partial charge >= 0.3 is 0 Å². The zero-order valence-corrected chi connectivity index (χ0v) is 18.1. The van der Waals surface area contributed by atoms with Crippen LogP contribution < -0.4 is 0 Å². The van der Waals surface area contributed by atoms with Gasteiger partial charge in [-0.15, -0.1) is 0 Å². The molecule has 7 atom stereocenters. The molecular weight excluding hydrogens is 377 g/mol. The van der Waals surface area contributed by atoms with Crippen molar-refractivity contribution in [2.24, 2.45) is 28.6 Å². The summed E-state index contributed by atoms with van der Waals surface area (Å²) in [6.07, 6.45) is 10.8. The van der Waals surface area contributed by atoms with Crippen LogP contribution in [0.5, 0.6) is 0 Å². The molecule has 4 aliphatic rings. The standard InChI is InChI=1S/C26H32FNO2/c1-25-11-9-21-19(20(25)7-8-22(25)29)15-17(13-16-5-4-6-18(27)14-16)24-26(21,2)12-10-23(30)28(24)3/h4-6,10,12-14,19-22,24,29H,7-9,11,15H2,1-3H3/t19-,20-,21-,22-,24+,25-,26+/m0/s1. The van der Waals surface area contributed by atoms with Crippen molar-refractivity contribution < 1.29 is 14.3 Å². The molecule has 30 heavy (non-hydrogen) atoms. The summed E-state index contributed by atoms with van der Waals surface area (Å²) < 4.78 is 13.9. The molecule has 3 fully saturated rings. The minimum Gasteiger partial charge on any atom is -0.393 e. The highest BCUT2D eigenvalue weighted by Crippen LogP contribution is 2.64. The summed E-state index contributed by atoms with van der Waals surface area (Å²) in [4.78, 5) is 14.5. The third kappa shape index (κ3) is 2.76. The molecule has 1 aromatic rings. The SMILES string of the molecule is CN1C(=O)C=C[C@]2(C)[C@H]3CC[C@]4(C)[C@@H](O)CC[C@H]4[C@@H]3CC(=Cc3cccc(F)c3)[C@@H]12. The zero-order chi connectivity index (χ0) is 21.3. The molecule has 160 valence electrons. The first-order chi connectivity index (χ1) is 14.2. The molecule has 3 aliphatic carbocycles. The molecule has 0 bridgehead atoms. The van der Waals surface area contributed by atoms with Crippen molar-refractivity contribution in [3.05, 3.63) is 53.4 Å². The van der Waals surface area contributed by atoms with E-state index in [0.717, 1.165) is 37.7 Å². The van der Waals surface area contributed by atoms with E-state index in [9.17, 15) is 14.3 Å².